The van der Waals surface area contributed by atoms with Crippen LogP contribution >= 0.6 is 22.6 Å². The summed E-state index contributed by atoms with van der Waals surface area (Å²) >= 11 is 2.03. The summed E-state index contributed by atoms with van der Waals surface area (Å²) in [4.78, 5) is 12.4. The van der Waals surface area contributed by atoms with Crippen molar-refractivity contribution in [2.75, 3.05) is 14.2 Å². The number of ether oxygens (including phenoxy) is 3. The highest BCUT2D eigenvalue weighted by atomic mass is 127. The van der Waals surface area contributed by atoms with Crippen LogP contribution in [0.2, 0.25) is 0 Å². The number of carbonyl (C=O) groups is 1. The summed E-state index contributed by atoms with van der Waals surface area (Å²) in [5, 5.41) is 2.74. The van der Waals surface area contributed by atoms with Gasteiger partial charge in [0.1, 0.15) is 5.75 Å². The quantitative estimate of drug-likeness (QED) is 0.635. The second-order valence-electron chi connectivity index (χ2n) is 4.90. The highest BCUT2D eigenvalue weighted by Gasteiger charge is 2.15. The number of halogens is 3. The second-order valence-corrected chi connectivity index (χ2v) is 6.06. The van der Waals surface area contributed by atoms with Crippen LogP contribution < -0.4 is 19.5 Å². The van der Waals surface area contributed by atoms with Gasteiger partial charge in [-0.25, -0.2) is 0 Å². The molecule has 0 saturated carbocycles. The predicted octanol–water partition coefficient (Wildman–Crippen LogP) is 3.84. The lowest BCUT2D eigenvalue weighted by atomic mass is 10.1. The summed E-state index contributed by atoms with van der Waals surface area (Å²) in [6.07, 6.45) is 0. The lowest BCUT2D eigenvalue weighted by Gasteiger charge is -2.12. The Balaban J connectivity index is 2.10. The fourth-order valence-electron chi connectivity index (χ4n) is 2.14. The van der Waals surface area contributed by atoms with Crippen molar-refractivity contribution in [3.63, 3.8) is 0 Å². The van der Waals surface area contributed by atoms with E-state index in [4.69, 9.17) is 9.47 Å². The van der Waals surface area contributed by atoms with Crippen LogP contribution in [0.3, 0.4) is 0 Å². The van der Waals surface area contributed by atoms with Crippen LogP contribution in [0, 0.1) is 3.57 Å². The van der Waals surface area contributed by atoms with Crippen molar-refractivity contribution in [3.05, 3.63) is 51.1 Å². The van der Waals surface area contributed by atoms with Gasteiger partial charge in [0, 0.05) is 10.1 Å². The van der Waals surface area contributed by atoms with Crippen LogP contribution in [-0.2, 0) is 6.54 Å². The Morgan fingerprint density at radius 3 is 2.48 bits per heavy atom. The first-order valence-corrected chi connectivity index (χ1v) is 8.26. The van der Waals surface area contributed by atoms with E-state index in [0.29, 0.717) is 26.2 Å². The maximum Gasteiger partial charge on any atom is 0.387 e. The van der Waals surface area contributed by atoms with Crippen LogP contribution in [0.5, 0.6) is 17.2 Å². The molecule has 5 nitrogen and oxygen atoms in total. The smallest absolute Gasteiger partial charge is 0.387 e. The molecule has 0 heterocycles. The standard InChI is InChI=1S/C17H16F2INO4/c1-23-14-7-12(13(20)8-15(14)24-2)16(22)21-9-10-4-3-5-11(6-10)25-17(18)19/h3-8,17H,9H2,1-2H3,(H,21,22). The zero-order valence-corrected chi connectivity index (χ0v) is 15.7. The molecule has 134 valence electrons. The van der Waals surface area contributed by atoms with E-state index in [1.54, 1.807) is 24.3 Å². The molecule has 0 spiro atoms. The van der Waals surface area contributed by atoms with E-state index in [2.05, 4.69) is 10.1 Å². The number of methoxy groups -OCH3 is 2. The average Bonchev–Trinajstić information content (AvgIpc) is 2.59. The lowest BCUT2D eigenvalue weighted by Crippen LogP contribution is -2.23. The van der Waals surface area contributed by atoms with Gasteiger partial charge >= 0.3 is 6.61 Å². The minimum absolute atomic E-state index is 0.0439. The molecule has 0 aliphatic heterocycles. The Bertz CT molecular complexity index is 755. The maximum atomic E-state index is 12.4. The molecule has 25 heavy (non-hydrogen) atoms. The van der Waals surface area contributed by atoms with Crippen molar-refractivity contribution >= 4 is 28.5 Å². The zero-order chi connectivity index (χ0) is 18.4. The Morgan fingerprint density at radius 2 is 1.84 bits per heavy atom. The summed E-state index contributed by atoms with van der Waals surface area (Å²) in [5.74, 6) is 0.702. The zero-order valence-electron chi connectivity index (χ0n) is 13.5. The van der Waals surface area contributed by atoms with Crippen LogP contribution in [0.15, 0.2) is 36.4 Å². The van der Waals surface area contributed by atoms with Crippen LogP contribution in [0.1, 0.15) is 15.9 Å². The third-order valence-corrected chi connectivity index (χ3v) is 4.19. The first-order valence-electron chi connectivity index (χ1n) is 7.18. The van der Waals surface area contributed by atoms with E-state index in [1.165, 1.54) is 26.4 Å². The first kappa shape index (κ1) is 19.2. The van der Waals surface area contributed by atoms with Gasteiger partial charge < -0.3 is 19.5 Å². The molecule has 0 unspecified atom stereocenters. The fourth-order valence-corrected chi connectivity index (χ4v) is 2.82. The minimum Gasteiger partial charge on any atom is -0.493 e. The molecule has 0 aliphatic carbocycles. The third-order valence-electron chi connectivity index (χ3n) is 3.29. The van der Waals surface area contributed by atoms with Gasteiger partial charge in [0.2, 0.25) is 0 Å². The molecule has 0 fully saturated rings. The molecular formula is C17H16F2INO4. The van der Waals surface area contributed by atoms with Crippen molar-refractivity contribution in [1.82, 2.24) is 5.32 Å². The van der Waals surface area contributed by atoms with E-state index in [0.717, 1.165) is 0 Å². The van der Waals surface area contributed by atoms with Crippen LogP contribution in [0.4, 0.5) is 8.78 Å². The lowest BCUT2D eigenvalue weighted by molar-refractivity contribution is -0.0498. The molecule has 0 aromatic heterocycles. The monoisotopic (exact) mass is 463 g/mol. The average molecular weight is 463 g/mol. The maximum absolute atomic E-state index is 12.4. The number of carbonyl (C=O) groups excluding carboxylic acids is 1. The van der Waals surface area contributed by atoms with Crippen molar-refractivity contribution < 1.29 is 27.8 Å². The van der Waals surface area contributed by atoms with Crippen molar-refractivity contribution in [2.24, 2.45) is 0 Å². The van der Waals surface area contributed by atoms with Gasteiger partial charge in [-0.2, -0.15) is 8.78 Å². The van der Waals surface area contributed by atoms with Crippen molar-refractivity contribution in [2.45, 2.75) is 13.2 Å². The molecule has 1 amide bonds. The van der Waals surface area contributed by atoms with E-state index >= 15 is 0 Å². The van der Waals surface area contributed by atoms with Crippen LogP contribution in [0.25, 0.3) is 0 Å². The van der Waals surface area contributed by atoms with E-state index in [-0.39, 0.29) is 18.2 Å². The predicted molar refractivity (Wildman–Crippen MR) is 96.5 cm³/mol. The molecule has 8 heteroatoms. The largest absolute Gasteiger partial charge is 0.493 e. The van der Waals surface area contributed by atoms with Gasteiger partial charge in [0.25, 0.3) is 5.91 Å². The topological polar surface area (TPSA) is 56.8 Å². The Hall–Kier alpha value is -2.10. The van der Waals surface area contributed by atoms with Gasteiger partial charge in [-0.1, -0.05) is 12.1 Å². The Morgan fingerprint density at radius 1 is 1.16 bits per heavy atom. The molecule has 1 N–H and O–H groups in total. The number of nitrogens with one attached hydrogen (secondary N) is 1. The van der Waals surface area contributed by atoms with Gasteiger partial charge in [-0.05, 0) is 52.4 Å². The third kappa shape index (κ3) is 5.18. The first-order chi connectivity index (χ1) is 11.9. The van der Waals surface area contributed by atoms with Crippen molar-refractivity contribution in [1.29, 1.82) is 0 Å². The number of rotatable bonds is 7. The summed E-state index contributed by atoms with van der Waals surface area (Å²) in [6, 6.07) is 9.45. The second kappa shape index (κ2) is 8.84. The molecule has 2 aromatic rings. The Kier molecular flexibility index (Phi) is 6.80. The normalized spacial score (nSPS) is 10.5. The molecular weight excluding hydrogens is 447 g/mol. The fraction of sp³-hybridized carbons (Fsp3) is 0.235. The van der Waals surface area contributed by atoms with Gasteiger partial charge in [0.15, 0.2) is 11.5 Å². The number of hydrogen-bond donors (Lipinski definition) is 1. The minimum atomic E-state index is -2.89. The molecule has 0 radical (unpaired) electrons. The highest BCUT2D eigenvalue weighted by Crippen LogP contribution is 2.31. The summed E-state index contributed by atoms with van der Waals surface area (Å²) in [6.45, 7) is -2.72. The molecule has 0 saturated heterocycles. The molecule has 2 rings (SSSR count). The van der Waals surface area contributed by atoms with Crippen molar-refractivity contribution in [3.8, 4) is 17.2 Å². The van der Waals surface area contributed by atoms with Gasteiger partial charge in [0.05, 0.1) is 19.8 Å². The molecule has 0 aliphatic rings. The summed E-state index contributed by atoms with van der Waals surface area (Å²) < 4.78 is 39.9. The summed E-state index contributed by atoms with van der Waals surface area (Å²) in [7, 11) is 3.00. The van der Waals surface area contributed by atoms with E-state index in [1.807, 2.05) is 22.6 Å². The van der Waals surface area contributed by atoms with Crippen LogP contribution in [-0.4, -0.2) is 26.7 Å². The van der Waals surface area contributed by atoms with Gasteiger partial charge in [-0.15, -0.1) is 0 Å². The van der Waals surface area contributed by atoms with Gasteiger partial charge in [-0.3, -0.25) is 4.79 Å². The van der Waals surface area contributed by atoms with E-state index < -0.39 is 6.61 Å². The molecule has 2 aromatic carbocycles. The SMILES string of the molecule is COc1cc(I)c(C(=O)NCc2cccc(OC(F)F)c2)cc1OC. The van der Waals surface area contributed by atoms with E-state index in [9.17, 15) is 13.6 Å². The molecule has 0 atom stereocenters. The number of hydrogen-bond acceptors (Lipinski definition) is 4. The molecule has 0 bridgehead atoms. The summed E-state index contributed by atoms with van der Waals surface area (Å²) in [5.41, 5.74) is 1.07. The highest BCUT2D eigenvalue weighted by molar-refractivity contribution is 14.1. The number of benzene rings is 2. The Labute approximate surface area is 157 Å². The number of amides is 1. The number of alkyl halides is 2.